The van der Waals surface area contributed by atoms with Gasteiger partial charge in [0.1, 0.15) is 6.04 Å². The fraction of sp³-hybridized carbons (Fsp3) is 0.429. The number of benzene rings is 1. The molecule has 0 bridgehead atoms. The minimum absolute atomic E-state index is 0.101. The lowest BCUT2D eigenvalue weighted by Gasteiger charge is -2.20. The van der Waals surface area contributed by atoms with Crippen molar-refractivity contribution < 1.29 is 19.8 Å². The predicted molar refractivity (Wildman–Crippen MR) is 75.7 cm³/mol. The van der Waals surface area contributed by atoms with Crippen LogP contribution in [-0.4, -0.2) is 51.4 Å². The Kier molecular flexibility index (Phi) is 4.67. The Morgan fingerprint density at radius 1 is 1.35 bits per heavy atom. The Morgan fingerprint density at radius 3 is 2.60 bits per heavy atom. The third-order valence-electron chi connectivity index (χ3n) is 3.27. The summed E-state index contributed by atoms with van der Waals surface area (Å²) in [6, 6.07) is 6.89. The van der Waals surface area contributed by atoms with Crippen LogP contribution in [-0.2, 0) is 9.59 Å². The Balaban J connectivity index is 1.94. The number of amides is 1. The molecule has 1 heterocycles. The van der Waals surface area contributed by atoms with E-state index in [1.165, 1.54) is 16.7 Å². The van der Waals surface area contributed by atoms with Crippen LogP contribution >= 0.6 is 11.8 Å². The molecule has 0 aliphatic carbocycles. The van der Waals surface area contributed by atoms with Crippen LogP contribution in [0.2, 0.25) is 0 Å². The van der Waals surface area contributed by atoms with E-state index >= 15 is 0 Å². The van der Waals surface area contributed by atoms with Crippen LogP contribution < -0.4 is 0 Å². The summed E-state index contributed by atoms with van der Waals surface area (Å²) in [4.78, 5) is 25.4. The summed E-state index contributed by atoms with van der Waals surface area (Å²) < 4.78 is 0. The molecule has 0 saturated carbocycles. The number of thioether (sulfide) groups is 1. The van der Waals surface area contributed by atoms with Gasteiger partial charge in [-0.3, -0.25) is 4.79 Å². The molecule has 1 aromatic rings. The smallest absolute Gasteiger partial charge is 0.326 e. The number of hydrogen-bond acceptors (Lipinski definition) is 4. The van der Waals surface area contributed by atoms with Crippen molar-refractivity contribution in [1.29, 1.82) is 0 Å². The first kappa shape index (κ1) is 14.9. The van der Waals surface area contributed by atoms with E-state index in [-0.39, 0.29) is 24.6 Å². The second-order valence-electron chi connectivity index (χ2n) is 4.89. The van der Waals surface area contributed by atoms with Crippen molar-refractivity contribution in [1.82, 2.24) is 4.90 Å². The van der Waals surface area contributed by atoms with Crippen LogP contribution in [0, 0.1) is 6.92 Å². The van der Waals surface area contributed by atoms with Crippen LogP contribution in [0.5, 0.6) is 0 Å². The van der Waals surface area contributed by atoms with Crippen molar-refractivity contribution in [2.75, 3.05) is 12.3 Å². The number of carbonyl (C=O) groups is 2. The van der Waals surface area contributed by atoms with E-state index in [1.54, 1.807) is 0 Å². The zero-order valence-electron chi connectivity index (χ0n) is 11.2. The van der Waals surface area contributed by atoms with E-state index in [2.05, 4.69) is 0 Å². The molecule has 1 aliphatic rings. The van der Waals surface area contributed by atoms with E-state index < -0.39 is 18.1 Å². The van der Waals surface area contributed by atoms with Crippen molar-refractivity contribution >= 4 is 23.6 Å². The molecule has 6 heteroatoms. The number of carboxylic acid groups (broad SMARTS) is 1. The summed E-state index contributed by atoms with van der Waals surface area (Å²) in [7, 11) is 0. The summed E-state index contributed by atoms with van der Waals surface area (Å²) in [5.41, 5.74) is 1.15. The van der Waals surface area contributed by atoms with Gasteiger partial charge in [0.05, 0.1) is 11.9 Å². The molecule has 0 radical (unpaired) electrons. The van der Waals surface area contributed by atoms with Crippen molar-refractivity contribution in [3.63, 3.8) is 0 Å². The van der Waals surface area contributed by atoms with Crippen LogP contribution in [0.25, 0.3) is 0 Å². The minimum Gasteiger partial charge on any atom is -0.480 e. The van der Waals surface area contributed by atoms with Gasteiger partial charge in [-0.2, -0.15) is 0 Å². The summed E-state index contributed by atoms with van der Waals surface area (Å²) in [5, 5.41) is 18.6. The molecule has 1 aliphatic heterocycles. The Labute approximate surface area is 121 Å². The molecule has 2 N–H and O–H groups in total. The fourth-order valence-electron chi connectivity index (χ4n) is 2.19. The van der Waals surface area contributed by atoms with Crippen LogP contribution in [0.4, 0.5) is 0 Å². The maximum atomic E-state index is 12.1. The van der Waals surface area contributed by atoms with Crippen molar-refractivity contribution in [3.05, 3.63) is 29.8 Å². The fourth-order valence-corrected chi connectivity index (χ4v) is 2.97. The zero-order valence-corrected chi connectivity index (χ0v) is 12.0. The van der Waals surface area contributed by atoms with E-state index in [0.29, 0.717) is 0 Å². The maximum Gasteiger partial charge on any atom is 0.326 e. The topological polar surface area (TPSA) is 77.8 Å². The second kappa shape index (κ2) is 6.28. The summed E-state index contributed by atoms with van der Waals surface area (Å²) in [6.07, 6.45) is -0.638. The van der Waals surface area contributed by atoms with Crippen LogP contribution in [0.3, 0.4) is 0 Å². The molecule has 20 heavy (non-hydrogen) atoms. The van der Waals surface area contributed by atoms with Gasteiger partial charge in [-0.05, 0) is 19.1 Å². The highest BCUT2D eigenvalue weighted by Crippen LogP contribution is 2.23. The number of β-amino-alcohol motifs (C(OH)–C–C–N with tert-alkyl or cyclic N) is 1. The number of aliphatic carboxylic acids is 1. The predicted octanol–water partition coefficient (Wildman–Crippen LogP) is 1.13. The maximum absolute atomic E-state index is 12.1. The molecular formula is C14H17NO4S. The molecule has 1 fully saturated rings. The van der Waals surface area contributed by atoms with Gasteiger partial charge in [-0.15, -0.1) is 11.8 Å². The van der Waals surface area contributed by atoms with E-state index in [9.17, 15) is 14.7 Å². The highest BCUT2D eigenvalue weighted by atomic mass is 32.2. The first-order valence-corrected chi connectivity index (χ1v) is 7.35. The zero-order chi connectivity index (χ0) is 14.7. The van der Waals surface area contributed by atoms with Crippen molar-refractivity contribution in [3.8, 4) is 0 Å². The van der Waals surface area contributed by atoms with Gasteiger partial charge in [0, 0.05) is 17.9 Å². The highest BCUT2D eigenvalue weighted by Gasteiger charge is 2.38. The highest BCUT2D eigenvalue weighted by molar-refractivity contribution is 8.00. The monoisotopic (exact) mass is 295 g/mol. The third-order valence-corrected chi connectivity index (χ3v) is 4.26. The van der Waals surface area contributed by atoms with Gasteiger partial charge in [0.15, 0.2) is 0 Å². The molecule has 2 atom stereocenters. The molecule has 1 amide bonds. The summed E-state index contributed by atoms with van der Waals surface area (Å²) in [6.45, 7) is 2.09. The summed E-state index contributed by atoms with van der Waals surface area (Å²) >= 11 is 1.37. The first-order chi connectivity index (χ1) is 9.47. The molecule has 0 spiro atoms. The van der Waals surface area contributed by atoms with E-state index in [0.717, 1.165) is 10.5 Å². The van der Waals surface area contributed by atoms with Gasteiger partial charge >= 0.3 is 5.97 Å². The van der Waals surface area contributed by atoms with Crippen molar-refractivity contribution in [2.45, 2.75) is 30.4 Å². The van der Waals surface area contributed by atoms with Crippen LogP contribution in [0.15, 0.2) is 29.2 Å². The Hall–Kier alpha value is -1.53. The number of aryl methyl sites for hydroxylation is 1. The lowest BCUT2D eigenvalue weighted by Crippen LogP contribution is -2.41. The van der Waals surface area contributed by atoms with Crippen LogP contribution in [0.1, 0.15) is 12.0 Å². The molecule has 2 rings (SSSR count). The van der Waals surface area contributed by atoms with Gasteiger partial charge < -0.3 is 15.1 Å². The average molecular weight is 295 g/mol. The number of likely N-dealkylation sites (tertiary alicyclic amines) is 1. The lowest BCUT2D eigenvalue weighted by atomic mass is 10.2. The molecule has 0 unspecified atom stereocenters. The van der Waals surface area contributed by atoms with Gasteiger partial charge in [-0.25, -0.2) is 4.79 Å². The number of hydrogen-bond donors (Lipinski definition) is 2. The Bertz CT molecular complexity index is 502. The SMILES string of the molecule is Cc1ccc(SCC(=O)N2C[C@H](O)C[C@H]2C(=O)O)cc1. The standard InChI is InChI=1S/C14H17NO4S/c1-9-2-4-11(5-3-9)20-8-13(17)15-7-10(16)6-12(15)14(18)19/h2-5,10,12,16H,6-8H2,1H3,(H,18,19)/t10-,12+/m1/s1. The van der Waals surface area contributed by atoms with Gasteiger partial charge in [0.25, 0.3) is 0 Å². The van der Waals surface area contributed by atoms with Gasteiger partial charge in [-0.1, -0.05) is 17.7 Å². The van der Waals surface area contributed by atoms with Gasteiger partial charge in [0.2, 0.25) is 5.91 Å². The van der Waals surface area contributed by atoms with Crippen molar-refractivity contribution in [2.24, 2.45) is 0 Å². The number of nitrogens with zero attached hydrogens (tertiary/aromatic N) is 1. The Morgan fingerprint density at radius 2 is 2.00 bits per heavy atom. The summed E-state index contributed by atoms with van der Waals surface area (Å²) in [5.74, 6) is -1.13. The quantitative estimate of drug-likeness (QED) is 0.814. The number of aliphatic hydroxyl groups is 1. The largest absolute Gasteiger partial charge is 0.480 e. The molecule has 1 aromatic carbocycles. The number of carboxylic acids is 1. The molecule has 1 saturated heterocycles. The minimum atomic E-state index is -1.06. The first-order valence-electron chi connectivity index (χ1n) is 6.37. The van der Waals surface area contributed by atoms with E-state index in [4.69, 9.17) is 5.11 Å². The third kappa shape index (κ3) is 3.52. The molecule has 5 nitrogen and oxygen atoms in total. The number of rotatable bonds is 4. The van der Waals surface area contributed by atoms with E-state index in [1.807, 2.05) is 31.2 Å². The number of carbonyl (C=O) groups excluding carboxylic acids is 1. The molecular weight excluding hydrogens is 278 g/mol. The average Bonchev–Trinajstić information content (AvgIpc) is 2.80. The second-order valence-corrected chi connectivity index (χ2v) is 5.94. The normalized spacial score (nSPS) is 22.0. The lowest BCUT2D eigenvalue weighted by molar-refractivity contribution is -0.147. The molecule has 0 aromatic heterocycles. The number of aliphatic hydroxyl groups excluding tert-OH is 1. The molecule has 108 valence electrons.